The molecule has 16 heavy (non-hydrogen) atoms. The molecule has 1 heterocycles. The fraction of sp³-hybridized carbons (Fsp3) is 0.667. The van der Waals surface area contributed by atoms with Crippen LogP contribution < -0.4 is 0 Å². The lowest BCUT2D eigenvalue weighted by molar-refractivity contribution is 0.740. The minimum Gasteiger partial charge on any atom is -0.226 e. The third-order valence-corrected chi connectivity index (χ3v) is 3.55. The summed E-state index contributed by atoms with van der Waals surface area (Å²) in [6.45, 7) is 12.6. The van der Waals surface area contributed by atoms with Crippen LogP contribution in [0.4, 0.5) is 0 Å². The molecule has 0 aliphatic carbocycles. The maximum Gasteiger partial charge on any atom is 0.136 e. The highest BCUT2D eigenvalue weighted by Gasteiger charge is 2.18. The molecule has 90 valence electrons. The highest BCUT2D eigenvalue weighted by Crippen LogP contribution is 2.35. The number of hydrogen-bond donors (Lipinski definition) is 0. The van der Waals surface area contributed by atoms with E-state index in [0.29, 0.717) is 11.1 Å². The van der Waals surface area contributed by atoms with Crippen molar-refractivity contribution in [3.8, 4) is 0 Å². The summed E-state index contributed by atoms with van der Waals surface area (Å²) < 4.78 is 0.136. The van der Waals surface area contributed by atoms with Crippen LogP contribution in [0.3, 0.4) is 0 Å². The lowest BCUT2D eigenvalue weighted by atomic mass is 10.2. The van der Waals surface area contributed by atoms with Gasteiger partial charge in [-0.05, 0) is 6.92 Å². The fourth-order valence-electron chi connectivity index (χ4n) is 1.13. The third kappa shape index (κ3) is 3.63. The van der Waals surface area contributed by atoms with E-state index in [1.54, 1.807) is 11.8 Å². The first-order valence-electron chi connectivity index (χ1n) is 5.44. The second-order valence-electron chi connectivity index (χ2n) is 5.17. The Morgan fingerprint density at radius 3 is 2.19 bits per heavy atom. The summed E-state index contributed by atoms with van der Waals surface area (Å²) in [4.78, 5) is 8.89. The highest BCUT2D eigenvalue weighted by atomic mass is 35.5. The fourth-order valence-corrected chi connectivity index (χ4v) is 2.33. The van der Waals surface area contributed by atoms with Gasteiger partial charge in [0.05, 0.1) is 0 Å². The van der Waals surface area contributed by atoms with E-state index in [1.165, 1.54) is 0 Å². The molecule has 0 radical (unpaired) electrons. The second kappa shape index (κ2) is 4.92. The van der Waals surface area contributed by atoms with E-state index in [0.717, 1.165) is 16.4 Å². The molecule has 1 rings (SSSR count). The Hall–Kier alpha value is -0.280. The van der Waals surface area contributed by atoms with Gasteiger partial charge < -0.3 is 0 Å². The molecule has 0 aromatic carbocycles. The van der Waals surface area contributed by atoms with Gasteiger partial charge in [0.1, 0.15) is 16.0 Å². The van der Waals surface area contributed by atoms with Crippen molar-refractivity contribution in [3.63, 3.8) is 0 Å². The van der Waals surface area contributed by atoms with Crippen LogP contribution in [0.2, 0.25) is 5.15 Å². The van der Waals surface area contributed by atoms with Crippen LogP contribution >= 0.6 is 23.4 Å². The van der Waals surface area contributed by atoms with Crippen molar-refractivity contribution in [3.05, 3.63) is 16.5 Å². The number of nitrogens with zero attached hydrogens (tertiary/aromatic N) is 2. The van der Waals surface area contributed by atoms with Gasteiger partial charge in [0.25, 0.3) is 0 Å². The van der Waals surface area contributed by atoms with E-state index in [4.69, 9.17) is 11.6 Å². The first-order chi connectivity index (χ1) is 7.20. The van der Waals surface area contributed by atoms with Gasteiger partial charge in [0, 0.05) is 16.2 Å². The lowest BCUT2D eigenvalue weighted by Gasteiger charge is -2.19. The van der Waals surface area contributed by atoms with Crippen molar-refractivity contribution in [2.45, 2.75) is 57.2 Å². The van der Waals surface area contributed by atoms with Crippen molar-refractivity contribution < 1.29 is 0 Å². The van der Waals surface area contributed by atoms with Gasteiger partial charge in [-0.3, -0.25) is 0 Å². The Bertz CT molecular complexity index is 383. The minimum absolute atomic E-state index is 0.136. The van der Waals surface area contributed by atoms with Crippen molar-refractivity contribution in [1.29, 1.82) is 0 Å². The predicted octanol–water partition coefficient (Wildman–Crippen LogP) is 4.45. The predicted molar refractivity (Wildman–Crippen MR) is 71.5 cm³/mol. The van der Waals surface area contributed by atoms with E-state index in [9.17, 15) is 0 Å². The molecular weight excluding hydrogens is 240 g/mol. The van der Waals surface area contributed by atoms with E-state index < -0.39 is 0 Å². The molecule has 0 aliphatic rings. The van der Waals surface area contributed by atoms with Gasteiger partial charge in [-0.2, -0.15) is 0 Å². The van der Waals surface area contributed by atoms with Crippen LogP contribution in [0.5, 0.6) is 0 Å². The Morgan fingerprint density at radius 2 is 1.75 bits per heavy atom. The summed E-state index contributed by atoms with van der Waals surface area (Å²) in [5.74, 6) is 1.12. The van der Waals surface area contributed by atoms with E-state index >= 15 is 0 Å². The minimum atomic E-state index is 0.136. The number of hydrogen-bond acceptors (Lipinski definition) is 3. The first kappa shape index (κ1) is 13.8. The summed E-state index contributed by atoms with van der Waals surface area (Å²) in [7, 11) is 0. The van der Waals surface area contributed by atoms with Gasteiger partial charge in [0.2, 0.25) is 0 Å². The zero-order valence-corrected chi connectivity index (χ0v) is 12.3. The zero-order chi connectivity index (χ0) is 12.5. The van der Waals surface area contributed by atoms with Crippen molar-refractivity contribution >= 4 is 23.4 Å². The maximum absolute atomic E-state index is 6.13. The molecule has 0 bridgehead atoms. The zero-order valence-electron chi connectivity index (χ0n) is 10.8. The molecule has 0 unspecified atom stereocenters. The summed E-state index contributed by atoms with van der Waals surface area (Å²) in [5.41, 5.74) is 0.978. The second-order valence-corrected chi connectivity index (χ2v) is 7.35. The molecule has 0 aliphatic heterocycles. The van der Waals surface area contributed by atoms with E-state index in [1.807, 2.05) is 6.92 Å². The Kier molecular flexibility index (Phi) is 4.24. The maximum atomic E-state index is 6.13. The van der Waals surface area contributed by atoms with Crippen LogP contribution in [-0.2, 0) is 0 Å². The summed E-state index contributed by atoms with van der Waals surface area (Å²) >= 11 is 7.87. The van der Waals surface area contributed by atoms with Crippen LogP contribution in [-0.4, -0.2) is 14.7 Å². The summed E-state index contributed by atoms with van der Waals surface area (Å²) in [5, 5.41) is 1.57. The van der Waals surface area contributed by atoms with Gasteiger partial charge in [-0.1, -0.05) is 46.2 Å². The number of rotatable bonds is 2. The van der Waals surface area contributed by atoms with E-state index in [-0.39, 0.29) is 4.75 Å². The number of thioether (sulfide) groups is 1. The quantitative estimate of drug-likeness (QED) is 0.579. The first-order valence-corrected chi connectivity index (χ1v) is 6.63. The molecule has 0 saturated heterocycles. The third-order valence-electron chi connectivity index (χ3n) is 1.98. The average molecular weight is 259 g/mol. The van der Waals surface area contributed by atoms with Crippen LogP contribution in [0.15, 0.2) is 5.03 Å². The standard InChI is InChI=1S/C12H19ClN2S/c1-7(2)10-14-9(13)8(3)11(15-10)16-12(4,5)6/h7H,1-6H3. The summed E-state index contributed by atoms with van der Waals surface area (Å²) in [6, 6.07) is 0. The topological polar surface area (TPSA) is 25.8 Å². The molecule has 0 atom stereocenters. The van der Waals surface area contributed by atoms with Gasteiger partial charge in [-0.25, -0.2) is 9.97 Å². The van der Waals surface area contributed by atoms with Crippen LogP contribution in [0.25, 0.3) is 0 Å². The molecule has 4 heteroatoms. The molecule has 2 nitrogen and oxygen atoms in total. The van der Waals surface area contributed by atoms with E-state index in [2.05, 4.69) is 44.6 Å². The Morgan fingerprint density at radius 1 is 1.19 bits per heavy atom. The smallest absolute Gasteiger partial charge is 0.136 e. The molecule has 1 aromatic rings. The number of aromatic nitrogens is 2. The molecule has 0 spiro atoms. The van der Waals surface area contributed by atoms with Gasteiger partial charge in [0.15, 0.2) is 0 Å². The largest absolute Gasteiger partial charge is 0.226 e. The Balaban J connectivity index is 3.17. The van der Waals surface area contributed by atoms with Gasteiger partial charge >= 0.3 is 0 Å². The average Bonchev–Trinajstić information content (AvgIpc) is 2.10. The molecule has 0 amide bonds. The molecule has 0 fully saturated rings. The summed E-state index contributed by atoms with van der Waals surface area (Å²) in [6.07, 6.45) is 0. The van der Waals surface area contributed by atoms with Crippen LogP contribution in [0.1, 0.15) is 51.9 Å². The Labute approximate surface area is 107 Å². The highest BCUT2D eigenvalue weighted by molar-refractivity contribution is 8.00. The monoisotopic (exact) mass is 258 g/mol. The van der Waals surface area contributed by atoms with Gasteiger partial charge in [-0.15, -0.1) is 11.8 Å². The molecule has 1 aromatic heterocycles. The number of halogens is 1. The van der Waals surface area contributed by atoms with Crippen molar-refractivity contribution in [2.24, 2.45) is 0 Å². The molecule has 0 N–H and O–H groups in total. The molecule has 0 saturated carbocycles. The lowest BCUT2D eigenvalue weighted by Crippen LogP contribution is -2.10. The van der Waals surface area contributed by atoms with Crippen LogP contribution in [0, 0.1) is 6.92 Å². The molecular formula is C12H19ClN2S. The van der Waals surface area contributed by atoms with Crippen molar-refractivity contribution in [2.75, 3.05) is 0 Å². The van der Waals surface area contributed by atoms with Crippen molar-refractivity contribution in [1.82, 2.24) is 9.97 Å². The SMILES string of the molecule is Cc1c(Cl)nc(C(C)C)nc1SC(C)(C)C. The normalized spacial score (nSPS) is 12.2.